The SMILES string of the molecule is CCOC(=O)C(Cc1ccc(OCc2cc3ccccc3n2C)cc1)C(C)=O. The molecule has 1 unspecified atom stereocenters. The molecule has 0 fully saturated rings. The number of Topliss-reactive ketones (excluding diaryl/α,β-unsaturated/α-hetero) is 1. The molecule has 28 heavy (non-hydrogen) atoms. The van der Waals surface area contributed by atoms with Crippen molar-refractivity contribution < 1.29 is 19.1 Å². The number of fused-ring (bicyclic) bond motifs is 1. The van der Waals surface area contributed by atoms with Crippen LogP contribution in [0.15, 0.2) is 54.6 Å². The molecule has 3 rings (SSSR count). The van der Waals surface area contributed by atoms with Gasteiger partial charge in [0.15, 0.2) is 0 Å². The van der Waals surface area contributed by atoms with Crippen LogP contribution in [-0.2, 0) is 34.4 Å². The van der Waals surface area contributed by atoms with Crippen molar-refractivity contribution in [2.75, 3.05) is 6.61 Å². The predicted octanol–water partition coefficient (Wildman–Crippen LogP) is 4.07. The first-order valence-corrected chi connectivity index (χ1v) is 9.41. The molecule has 0 aliphatic heterocycles. The highest BCUT2D eigenvalue weighted by molar-refractivity contribution is 5.98. The van der Waals surface area contributed by atoms with Crippen molar-refractivity contribution in [1.82, 2.24) is 4.57 Å². The van der Waals surface area contributed by atoms with E-state index in [1.807, 2.05) is 43.4 Å². The summed E-state index contributed by atoms with van der Waals surface area (Å²) in [6.45, 7) is 3.88. The zero-order valence-electron chi connectivity index (χ0n) is 16.5. The monoisotopic (exact) mass is 379 g/mol. The molecule has 1 heterocycles. The van der Waals surface area contributed by atoms with Gasteiger partial charge in [-0.2, -0.15) is 0 Å². The van der Waals surface area contributed by atoms with Gasteiger partial charge in [-0.05, 0) is 55.5 Å². The number of aryl methyl sites for hydroxylation is 1. The maximum Gasteiger partial charge on any atom is 0.316 e. The third-order valence-electron chi connectivity index (χ3n) is 4.86. The van der Waals surface area contributed by atoms with Crippen LogP contribution in [0.1, 0.15) is 25.1 Å². The maximum absolute atomic E-state index is 12.0. The topological polar surface area (TPSA) is 57.5 Å². The van der Waals surface area contributed by atoms with Crippen LogP contribution in [0, 0.1) is 5.92 Å². The average Bonchev–Trinajstić information content (AvgIpc) is 3.01. The number of benzene rings is 2. The first-order chi connectivity index (χ1) is 13.5. The van der Waals surface area contributed by atoms with E-state index in [1.54, 1.807) is 6.92 Å². The normalized spacial score (nSPS) is 12.0. The molecule has 2 aromatic carbocycles. The summed E-state index contributed by atoms with van der Waals surface area (Å²) in [5, 5.41) is 1.19. The third kappa shape index (κ3) is 4.42. The second-order valence-corrected chi connectivity index (χ2v) is 6.81. The number of hydrogen-bond acceptors (Lipinski definition) is 4. The molecule has 3 aromatic rings. The predicted molar refractivity (Wildman–Crippen MR) is 108 cm³/mol. The zero-order valence-corrected chi connectivity index (χ0v) is 16.5. The van der Waals surface area contributed by atoms with Gasteiger partial charge in [0.2, 0.25) is 0 Å². The van der Waals surface area contributed by atoms with Crippen molar-refractivity contribution in [2.45, 2.75) is 26.9 Å². The first kappa shape index (κ1) is 19.7. The lowest BCUT2D eigenvalue weighted by Crippen LogP contribution is -2.26. The Kier molecular flexibility index (Phi) is 6.14. The Morgan fingerprint density at radius 1 is 1.07 bits per heavy atom. The van der Waals surface area contributed by atoms with Crippen molar-refractivity contribution in [3.05, 3.63) is 65.9 Å². The smallest absolute Gasteiger partial charge is 0.316 e. The van der Waals surface area contributed by atoms with Gasteiger partial charge in [0.1, 0.15) is 24.1 Å². The molecule has 0 amide bonds. The van der Waals surface area contributed by atoms with Gasteiger partial charge in [-0.1, -0.05) is 30.3 Å². The Labute approximate surface area is 164 Å². The first-order valence-electron chi connectivity index (χ1n) is 9.41. The Morgan fingerprint density at radius 2 is 1.79 bits per heavy atom. The van der Waals surface area contributed by atoms with Gasteiger partial charge in [0, 0.05) is 12.6 Å². The fourth-order valence-corrected chi connectivity index (χ4v) is 3.24. The van der Waals surface area contributed by atoms with Crippen molar-refractivity contribution in [1.29, 1.82) is 0 Å². The summed E-state index contributed by atoms with van der Waals surface area (Å²) in [5.41, 5.74) is 3.15. The molecular formula is C23H25NO4. The number of para-hydroxylation sites is 1. The number of esters is 1. The van der Waals surface area contributed by atoms with Crippen LogP contribution in [0.25, 0.3) is 10.9 Å². The lowest BCUT2D eigenvalue weighted by molar-refractivity contribution is -0.151. The summed E-state index contributed by atoms with van der Waals surface area (Å²) in [7, 11) is 2.03. The average molecular weight is 379 g/mol. The van der Waals surface area contributed by atoms with Gasteiger partial charge >= 0.3 is 5.97 Å². The van der Waals surface area contributed by atoms with Gasteiger partial charge in [-0.15, -0.1) is 0 Å². The van der Waals surface area contributed by atoms with Gasteiger partial charge in [-0.3, -0.25) is 9.59 Å². The van der Waals surface area contributed by atoms with Crippen LogP contribution >= 0.6 is 0 Å². The number of rotatable bonds is 8. The van der Waals surface area contributed by atoms with Crippen LogP contribution < -0.4 is 4.74 Å². The lowest BCUT2D eigenvalue weighted by atomic mass is 9.96. The van der Waals surface area contributed by atoms with Gasteiger partial charge in [0.25, 0.3) is 0 Å². The minimum Gasteiger partial charge on any atom is -0.487 e. The van der Waals surface area contributed by atoms with Crippen molar-refractivity contribution in [3.63, 3.8) is 0 Å². The molecule has 0 N–H and O–H groups in total. The summed E-state index contributed by atoms with van der Waals surface area (Å²) in [4.78, 5) is 23.7. The molecule has 146 valence electrons. The third-order valence-corrected chi connectivity index (χ3v) is 4.86. The quantitative estimate of drug-likeness (QED) is 0.437. The van der Waals surface area contributed by atoms with E-state index in [-0.39, 0.29) is 12.4 Å². The molecule has 1 atom stereocenters. The number of nitrogens with zero attached hydrogens (tertiary/aromatic N) is 1. The van der Waals surface area contributed by atoms with Crippen molar-refractivity contribution >= 4 is 22.7 Å². The summed E-state index contributed by atoms with van der Waals surface area (Å²) in [5.74, 6) is -0.673. The van der Waals surface area contributed by atoms with E-state index in [4.69, 9.17) is 9.47 Å². The number of aromatic nitrogens is 1. The van der Waals surface area contributed by atoms with E-state index in [1.165, 1.54) is 17.8 Å². The maximum atomic E-state index is 12.0. The molecule has 0 aliphatic rings. The molecule has 0 saturated heterocycles. The fraction of sp³-hybridized carbons (Fsp3) is 0.304. The van der Waals surface area contributed by atoms with E-state index < -0.39 is 11.9 Å². The van der Waals surface area contributed by atoms with Gasteiger partial charge < -0.3 is 14.0 Å². The number of ketones is 1. The molecule has 5 heteroatoms. The van der Waals surface area contributed by atoms with E-state index in [9.17, 15) is 9.59 Å². The Balaban J connectivity index is 1.64. The van der Waals surface area contributed by atoms with Crippen LogP contribution in [0.4, 0.5) is 0 Å². The van der Waals surface area contributed by atoms with E-state index in [2.05, 4.69) is 22.8 Å². The highest BCUT2D eigenvalue weighted by Crippen LogP contribution is 2.21. The summed E-state index contributed by atoms with van der Waals surface area (Å²) in [6, 6.07) is 17.8. The summed E-state index contributed by atoms with van der Waals surface area (Å²) in [6.07, 6.45) is 0.331. The van der Waals surface area contributed by atoms with Crippen molar-refractivity contribution in [3.8, 4) is 5.75 Å². The lowest BCUT2D eigenvalue weighted by Gasteiger charge is -2.13. The van der Waals surface area contributed by atoms with Gasteiger partial charge in [0.05, 0.1) is 12.3 Å². The standard InChI is InChI=1S/C23H25NO4/c1-4-27-23(26)21(16(2)25)13-17-9-11-20(12-10-17)28-15-19-14-18-7-5-6-8-22(18)24(19)3/h5-12,14,21H,4,13,15H2,1-3H3. The summed E-state index contributed by atoms with van der Waals surface area (Å²) < 4.78 is 13.0. The molecular weight excluding hydrogens is 354 g/mol. The Bertz CT molecular complexity index is 972. The summed E-state index contributed by atoms with van der Waals surface area (Å²) >= 11 is 0. The second-order valence-electron chi connectivity index (χ2n) is 6.81. The van der Waals surface area contributed by atoms with E-state index >= 15 is 0 Å². The Hall–Kier alpha value is -3.08. The number of carbonyl (C=O) groups is 2. The molecule has 0 bridgehead atoms. The number of carbonyl (C=O) groups excluding carboxylic acids is 2. The van der Waals surface area contributed by atoms with Gasteiger partial charge in [-0.25, -0.2) is 0 Å². The highest BCUT2D eigenvalue weighted by atomic mass is 16.5. The molecule has 0 spiro atoms. The van der Waals surface area contributed by atoms with Crippen LogP contribution in [0.2, 0.25) is 0 Å². The highest BCUT2D eigenvalue weighted by Gasteiger charge is 2.24. The zero-order chi connectivity index (χ0) is 20.1. The fourth-order valence-electron chi connectivity index (χ4n) is 3.24. The number of ether oxygens (including phenoxy) is 2. The molecule has 0 radical (unpaired) electrons. The molecule has 5 nitrogen and oxygen atoms in total. The van der Waals surface area contributed by atoms with E-state index in [0.29, 0.717) is 13.0 Å². The van der Waals surface area contributed by atoms with Crippen LogP contribution in [0.3, 0.4) is 0 Å². The van der Waals surface area contributed by atoms with Crippen LogP contribution in [0.5, 0.6) is 5.75 Å². The minimum absolute atomic E-state index is 0.186. The minimum atomic E-state index is -0.762. The second kappa shape index (κ2) is 8.74. The molecule has 1 aromatic heterocycles. The van der Waals surface area contributed by atoms with E-state index in [0.717, 1.165) is 17.0 Å². The van der Waals surface area contributed by atoms with Crippen LogP contribution in [-0.4, -0.2) is 22.9 Å². The largest absolute Gasteiger partial charge is 0.487 e. The molecule has 0 aliphatic carbocycles. The van der Waals surface area contributed by atoms with Crippen molar-refractivity contribution in [2.24, 2.45) is 13.0 Å². The number of hydrogen-bond donors (Lipinski definition) is 0. The Morgan fingerprint density at radius 3 is 2.43 bits per heavy atom. The molecule has 0 saturated carbocycles.